The Balaban J connectivity index is 2.46. The summed E-state index contributed by atoms with van der Waals surface area (Å²) in [6, 6.07) is 8.14. The second-order valence-electron chi connectivity index (χ2n) is 3.70. The molecule has 67 valence electrons. The molecule has 0 atom stereocenters. The lowest BCUT2D eigenvalue weighted by atomic mass is 10.2. The molecule has 0 saturated heterocycles. The standard InChI is InChI=1S/C11H13N2/c1-9(2)7-13-8-12-10-5-3-4-6-11(10)13/h3-6,9H,7H2,1-2H3. The molecule has 0 aliphatic heterocycles. The Morgan fingerprint density at radius 1 is 1.38 bits per heavy atom. The lowest BCUT2D eigenvalue weighted by Crippen LogP contribution is -2.02. The summed E-state index contributed by atoms with van der Waals surface area (Å²) in [7, 11) is 0. The molecule has 1 aromatic carbocycles. The summed E-state index contributed by atoms with van der Waals surface area (Å²) >= 11 is 0. The lowest BCUT2D eigenvalue weighted by Gasteiger charge is -2.05. The first-order valence-electron chi connectivity index (χ1n) is 4.60. The van der Waals surface area contributed by atoms with Crippen LogP contribution in [0.3, 0.4) is 0 Å². The van der Waals surface area contributed by atoms with Gasteiger partial charge < -0.3 is 4.57 Å². The van der Waals surface area contributed by atoms with Crippen molar-refractivity contribution in [1.82, 2.24) is 9.55 Å². The van der Waals surface area contributed by atoms with Crippen LogP contribution in [0, 0.1) is 12.2 Å². The highest BCUT2D eigenvalue weighted by molar-refractivity contribution is 5.74. The van der Waals surface area contributed by atoms with Crippen LogP contribution in [-0.4, -0.2) is 9.55 Å². The van der Waals surface area contributed by atoms with E-state index in [-0.39, 0.29) is 0 Å². The zero-order valence-electron chi connectivity index (χ0n) is 7.99. The normalized spacial score (nSPS) is 11.3. The van der Waals surface area contributed by atoms with Crippen LogP contribution in [0.5, 0.6) is 0 Å². The molecule has 0 unspecified atom stereocenters. The minimum atomic E-state index is 0.633. The van der Waals surface area contributed by atoms with E-state index >= 15 is 0 Å². The lowest BCUT2D eigenvalue weighted by molar-refractivity contribution is 0.530. The molecule has 0 aliphatic rings. The summed E-state index contributed by atoms with van der Waals surface area (Å²) in [5.41, 5.74) is 2.21. The molecule has 2 nitrogen and oxygen atoms in total. The highest BCUT2D eigenvalue weighted by atomic mass is 15.0. The number of fused-ring (bicyclic) bond motifs is 1. The van der Waals surface area contributed by atoms with Crippen LogP contribution in [0.15, 0.2) is 24.3 Å². The molecule has 2 heteroatoms. The molecule has 0 spiro atoms. The van der Waals surface area contributed by atoms with Gasteiger partial charge in [-0.25, -0.2) is 4.98 Å². The predicted octanol–water partition coefficient (Wildman–Crippen LogP) is 2.49. The predicted molar refractivity (Wildman–Crippen MR) is 53.4 cm³/mol. The molecule has 0 fully saturated rings. The van der Waals surface area contributed by atoms with Crippen LogP contribution >= 0.6 is 0 Å². The number of hydrogen-bond donors (Lipinski definition) is 0. The van der Waals surface area contributed by atoms with Crippen LogP contribution in [-0.2, 0) is 6.54 Å². The van der Waals surface area contributed by atoms with Crippen molar-refractivity contribution < 1.29 is 0 Å². The number of hydrogen-bond acceptors (Lipinski definition) is 1. The minimum Gasteiger partial charge on any atom is -0.321 e. The monoisotopic (exact) mass is 173 g/mol. The molecule has 2 rings (SSSR count). The number of rotatable bonds is 2. The van der Waals surface area contributed by atoms with Crippen molar-refractivity contribution in [2.45, 2.75) is 20.4 Å². The van der Waals surface area contributed by atoms with Gasteiger partial charge in [0, 0.05) is 6.54 Å². The molecular weight excluding hydrogens is 160 g/mol. The minimum absolute atomic E-state index is 0.633. The molecule has 1 radical (unpaired) electrons. The van der Waals surface area contributed by atoms with Crippen molar-refractivity contribution in [3.63, 3.8) is 0 Å². The van der Waals surface area contributed by atoms with Crippen LogP contribution in [0.4, 0.5) is 0 Å². The van der Waals surface area contributed by atoms with Gasteiger partial charge in [-0.3, -0.25) is 0 Å². The van der Waals surface area contributed by atoms with Gasteiger partial charge in [-0.2, -0.15) is 0 Å². The van der Waals surface area contributed by atoms with Gasteiger partial charge >= 0.3 is 0 Å². The van der Waals surface area contributed by atoms with E-state index in [1.165, 1.54) is 5.52 Å². The Hall–Kier alpha value is -1.31. The maximum Gasteiger partial charge on any atom is 0.177 e. The van der Waals surface area contributed by atoms with Crippen LogP contribution in [0.25, 0.3) is 11.0 Å². The molecule has 13 heavy (non-hydrogen) atoms. The van der Waals surface area contributed by atoms with E-state index in [9.17, 15) is 0 Å². The number of aromatic nitrogens is 2. The Labute approximate surface area is 78.2 Å². The second kappa shape index (κ2) is 3.21. The third-order valence-electron chi connectivity index (χ3n) is 2.01. The fourth-order valence-corrected chi connectivity index (χ4v) is 1.46. The summed E-state index contributed by atoms with van der Waals surface area (Å²) in [6.45, 7) is 5.38. The average Bonchev–Trinajstić information content (AvgIpc) is 2.48. The first-order valence-corrected chi connectivity index (χ1v) is 4.60. The fourth-order valence-electron chi connectivity index (χ4n) is 1.46. The molecular formula is C11H13N2. The van der Waals surface area contributed by atoms with Crippen LogP contribution in [0.2, 0.25) is 0 Å². The number of para-hydroxylation sites is 2. The maximum atomic E-state index is 4.21. The number of nitrogens with zero attached hydrogens (tertiary/aromatic N) is 2. The largest absolute Gasteiger partial charge is 0.321 e. The van der Waals surface area contributed by atoms with E-state index in [1.54, 1.807) is 0 Å². The fraction of sp³-hybridized carbons (Fsp3) is 0.364. The molecule has 1 aromatic heterocycles. The summed E-state index contributed by atoms with van der Waals surface area (Å²) in [6.07, 6.45) is 3.01. The van der Waals surface area contributed by atoms with Crippen LogP contribution in [0.1, 0.15) is 13.8 Å². The van der Waals surface area contributed by atoms with Crippen molar-refractivity contribution in [3.8, 4) is 0 Å². The highest BCUT2D eigenvalue weighted by Crippen LogP contribution is 2.12. The van der Waals surface area contributed by atoms with Crippen molar-refractivity contribution >= 4 is 11.0 Å². The molecule has 0 saturated carbocycles. The van der Waals surface area contributed by atoms with E-state index in [2.05, 4.69) is 35.8 Å². The van der Waals surface area contributed by atoms with Gasteiger partial charge in [-0.15, -0.1) is 0 Å². The molecule has 0 N–H and O–H groups in total. The third kappa shape index (κ3) is 1.57. The summed E-state index contributed by atoms with van der Waals surface area (Å²) in [5, 5.41) is 0. The first kappa shape index (κ1) is 8.30. The Morgan fingerprint density at radius 3 is 2.92 bits per heavy atom. The highest BCUT2D eigenvalue weighted by Gasteiger charge is 2.02. The Bertz CT molecular complexity index is 401. The zero-order valence-corrected chi connectivity index (χ0v) is 7.99. The van der Waals surface area contributed by atoms with E-state index < -0.39 is 0 Å². The van der Waals surface area contributed by atoms with Crippen molar-refractivity contribution in [1.29, 1.82) is 0 Å². The van der Waals surface area contributed by atoms with Gasteiger partial charge in [-0.1, -0.05) is 26.0 Å². The van der Waals surface area contributed by atoms with Gasteiger partial charge in [0.25, 0.3) is 0 Å². The summed E-state index contributed by atoms with van der Waals surface area (Å²) in [4.78, 5) is 4.21. The van der Waals surface area contributed by atoms with Gasteiger partial charge in [0.15, 0.2) is 6.33 Å². The molecule has 0 amide bonds. The smallest absolute Gasteiger partial charge is 0.177 e. The quantitative estimate of drug-likeness (QED) is 0.682. The number of benzene rings is 1. The third-order valence-corrected chi connectivity index (χ3v) is 2.01. The van der Waals surface area contributed by atoms with E-state index in [0.29, 0.717) is 5.92 Å². The maximum absolute atomic E-state index is 4.21. The van der Waals surface area contributed by atoms with E-state index in [1.807, 2.05) is 18.2 Å². The summed E-state index contributed by atoms with van der Waals surface area (Å²) in [5.74, 6) is 0.633. The molecule has 1 heterocycles. The topological polar surface area (TPSA) is 17.8 Å². The van der Waals surface area contributed by atoms with E-state index in [4.69, 9.17) is 0 Å². The second-order valence-corrected chi connectivity index (χ2v) is 3.70. The molecule has 0 aliphatic carbocycles. The SMILES string of the molecule is CC(C)Cn1[c]nc2ccccc21. The van der Waals surface area contributed by atoms with Crippen LogP contribution < -0.4 is 0 Å². The average molecular weight is 173 g/mol. The Kier molecular flexibility index (Phi) is 2.05. The van der Waals surface area contributed by atoms with Crippen molar-refractivity contribution in [3.05, 3.63) is 30.6 Å². The van der Waals surface area contributed by atoms with Gasteiger partial charge in [0.2, 0.25) is 0 Å². The van der Waals surface area contributed by atoms with Gasteiger partial charge in [0.05, 0.1) is 11.0 Å². The van der Waals surface area contributed by atoms with Gasteiger partial charge in [-0.05, 0) is 18.1 Å². The van der Waals surface area contributed by atoms with Crippen molar-refractivity contribution in [2.75, 3.05) is 0 Å². The number of imidazole rings is 1. The zero-order chi connectivity index (χ0) is 9.26. The summed E-state index contributed by atoms with van der Waals surface area (Å²) < 4.78 is 2.08. The van der Waals surface area contributed by atoms with E-state index in [0.717, 1.165) is 12.1 Å². The Morgan fingerprint density at radius 2 is 2.15 bits per heavy atom. The van der Waals surface area contributed by atoms with Gasteiger partial charge in [0.1, 0.15) is 0 Å². The molecule has 2 aromatic rings. The van der Waals surface area contributed by atoms with Crippen molar-refractivity contribution in [2.24, 2.45) is 5.92 Å². The first-order chi connectivity index (χ1) is 6.27. The molecule has 0 bridgehead atoms.